The fourth-order valence-corrected chi connectivity index (χ4v) is 3.94. The molecule has 4 heteroatoms. The SMILES string of the molecule is CSC1CCC(Nc2nc3c(cc2C#N)CCC3)C1. The number of nitrogens with one attached hydrogen (secondary N) is 1. The van der Waals surface area contributed by atoms with Gasteiger partial charge in [0.05, 0.1) is 5.56 Å². The summed E-state index contributed by atoms with van der Waals surface area (Å²) in [6.45, 7) is 0. The first-order valence-corrected chi connectivity index (χ1v) is 8.31. The van der Waals surface area contributed by atoms with Gasteiger partial charge in [0.1, 0.15) is 11.9 Å². The van der Waals surface area contributed by atoms with Crippen LogP contribution in [0.4, 0.5) is 5.82 Å². The molecule has 0 aliphatic heterocycles. The summed E-state index contributed by atoms with van der Waals surface area (Å²) in [6.07, 6.45) is 9.14. The van der Waals surface area contributed by atoms with Crippen molar-refractivity contribution >= 4 is 17.6 Å². The van der Waals surface area contributed by atoms with Crippen molar-refractivity contribution < 1.29 is 0 Å². The highest BCUT2D eigenvalue weighted by Gasteiger charge is 2.25. The van der Waals surface area contributed by atoms with Crippen molar-refractivity contribution in [2.75, 3.05) is 11.6 Å². The Morgan fingerprint density at radius 2 is 2.32 bits per heavy atom. The Kier molecular flexibility index (Phi) is 3.65. The Morgan fingerprint density at radius 1 is 1.42 bits per heavy atom. The Labute approximate surface area is 118 Å². The second-order valence-electron chi connectivity index (χ2n) is 5.47. The molecule has 3 nitrogen and oxygen atoms in total. The lowest BCUT2D eigenvalue weighted by Crippen LogP contribution is -2.18. The molecule has 1 N–H and O–H groups in total. The number of hydrogen-bond donors (Lipinski definition) is 1. The van der Waals surface area contributed by atoms with E-state index in [0.717, 1.165) is 23.9 Å². The fourth-order valence-electron chi connectivity index (χ4n) is 3.15. The van der Waals surface area contributed by atoms with Gasteiger partial charge in [0.25, 0.3) is 0 Å². The minimum Gasteiger partial charge on any atom is -0.366 e. The molecule has 100 valence electrons. The van der Waals surface area contributed by atoms with Crippen LogP contribution in [0.1, 0.15) is 42.5 Å². The lowest BCUT2D eigenvalue weighted by atomic mass is 10.1. The molecule has 2 aliphatic rings. The monoisotopic (exact) mass is 273 g/mol. The van der Waals surface area contributed by atoms with Gasteiger partial charge in [0.2, 0.25) is 0 Å². The van der Waals surface area contributed by atoms with Gasteiger partial charge in [-0.05, 0) is 56.4 Å². The molecule has 0 bridgehead atoms. The summed E-state index contributed by atoms with van der Waals surface area (Å²) in [5.74, 6) is 0.815. The summed E-state index contributed by atoms with van der Waals surface area (Å²) in [5.41, 5.74) is 3.18. The van der Waals surface area contributed by atoms with Crippen LogP contribution in [0.3, 0.4) is 0 Å². The van der Waals surface area contributed by atoms with E-state index in [1.165, 1.54) is 36.9 Å². The van der Waals surface area contributed by atoms with Crippen molar-refractivity contribution in [3.8, 4) is 6.07 Å². The number of aromatic nitrogens is 1. The quantitative estimate of drug-likeness (QED) is 0.919. The number of anilines is 1. The molecule has 3 rings (SSSR count). The maximum atomic E-state index is 9.29. The molecule has 0 saturated heterocycles. The lowest BCUT2D eigenvalue weighted by Gasteiger charge is -2.15. The smallest absolute Gasteiger partial charge is 0.144 e. The minimum absolute atomic E-state index is 0.483. The number of aryl methyl sites for hydroxylation is 2. The van der Waals surface area contributed by atoms with Crippen molar-refractivity contribution in [2.45, 2.75) is 49.8 Å². The van der Waals surface area contributed by atoms with Crippen molar-refractivity contribution in [3.63, 3.8) is 0 Å². The van der Waals surface area contributed by atoms with Crippen LogP contribution in [0, 0.1) is 11.3 Å². The van der Waals surface area contributed by atoms with Crippen LogP contribution in [0.25, 0.3) is 0 Å². The summed E-state index contributed by atoms with van der Waals surface area (Å²) >= 11 is 1.95. The molecule has 0 aromatic carbocycles. The predicted octanol–water partition coefficient (Wildman–Crippen LogP) is 3.14. The second-order valence-corrected chi connectivity index (χ2v) is 6.61. The van der Waals surface area contributed by atoms with E-state index in [2.05, 4.69) is 17.6 Å². The number of thioether (sulfide) groups is 1. The van der Waals surface area contributed by atoms with Crippen molar-refractivity contribution in [3.05, 3.63) is 22.9 Å². The van der Waals surface area contributed by atoms with Gasteiger partial charge >= 0.3 is 0 Å². The molecular weight excluding hydrogens is 254 g/mol. The lowest BCUT2D eigenvalue weighted by molar-refractivity contribution is 0.750. The fraction of sp³-hybridized carbons (Fsp3) is 0.600. The van der Waals surface area contributed by atoms with Crippen LogP contribution in [-0.4, -0.2) is 22.5 Å². The number of hydrogen-bond acceptors (Lipinski definition) is 4. The summed E-state index contributed by atoms with van der Waals surface area (Å²) in [4.78, 5) is 4.70. The highest BCUT2D eigenvalue weighted by Crippen LogP contribution is 2.31. The topological polar surface area (TPSA) is 48.7 Å². The van der Waals surface area contributed by atoms with Crippen molar-refractivity contribution in [1.82, 2.24) is 4.98 Å². The summed E-state index contributed by atoms with van der Waals surface area (Å²) in [7, 11) is 0. The third-order valence-corrected chi connectivity index (χ3v) is 5.32. The van der Waals surface area contributed by atoms with Gasteiger partial charge in [-0.3, -0.25) is 0 Å². The Balaban J connectivity index is 1.79. The van der Waals surface area contributed by atoms with Crippen LogP contribution >= 0.6 is 11.8 Å². The van der Waals surface area contributed by atoms with Crippen LogP contribution in [0.2, 0.25) is 0 Å². The average molecular weight is 273 g/mol. The zero-order chi connectivity index (χ0) is 13.2. The molecular formula is C15H19N3S. The normalized spacial score (nSPS) is 25.1. The highest BCUT2D eigenvalue weighted by atomic mass is 32.2. The Hall–Kier alpha value is -1.21. The Bertz CT molecular complexity index is 521. The zero-order valence-corrected chi connectivity index (χ0v) is 12.1. The molecule has 0 radical (unpaired) electrons. The Morgan fingerprint density at radius 3 is 3.05 bits per heavy atom. The van der Waals surface area contributed by atoms with Gasteiger partial charge in [0, 0.05) is 17.0 Å². The van der Waals surface area contributed by atoms with E-state index in [4.69, 9.17) is 4.98 Å². The zero-order valence-electron chi connectivity index (χ0n) is 11.3. The van der Waals surface area contributed by atoms with Crippen molar-refractivity contribution in [2.24, 2.45) is 0 Å². The largest absolute Gasteiger partial charge is 0.366 e. The van der Waals surface area contributed by atoms with E-state index in [1.807, 2.05) is 17.8 Å². The maximum absolute atomic E-state index is 9.29. The summed E-state index contributed by atoms with van der Waals surface area (Å²) < 4.78 is 0. The molecule has 19 heavy (non-hydrogen) atoms. The van der Waals surface area contributed by atoms with E-state index < -0.39 is 0 Å². The highest BCUT2D eigenvalue weighted by molar-refractivity contribution is 7.99. The maximum Gasteiger partial charge on any atom is 0.144 e. The number of pyridine rings is 1. The molecule has 1 aromatic heterocycles. The molecule has 1 fully saturated rings. The van der Waals surface area contributed by atoms with Crippen LogP contribution in [0.5, 0.6) is 0 Å². The first-order chi connectivity index (χ1) is 9.30. The average Bonchev–Trinajstić information content (AvgIpc) is 3.06. The number of fused-ring (bicyclic) bond motifs is 1. The van der Waals surface area contributed by atoms with Crippen LogP contribution in [-0.2, 0) is 12.8 Å². The first-order valence-electron chi connectivity index (χ1n) is 7.02. The van der Waals surface area contributed by atoms with Gasteiger partial charge in [-0.1, -0.05) is 0 Å². The van der Waals surface area contributed by atoms with E-state index in [-0.39, 0.29) is 0 Å². The standard InChI is InChI=1S/C15H19N3S/c1-19-13-6-5-12(8-13)17-15-11(9-16)7-10-3-2-4-14(10)18-15/h7,12-13H,2-6,8H2,1H3,(H,17,18). The number of nitriles is 1. The molecule has 2 unspecified atom stereocenters. The van der Waals surface area contributed by atoms with Gasteiger partial charge in [-0.2, -0.15) is 17.0 Å². The minimum atomic E-state index is 0.483. The third-order valence-electron chi connectivity index (χ3n) is 4.23. The van der Waals surface area contributed by atoms with Gasteiger partial charge in [-0.25, -0.2) is 4.98 Å². The van der Waals surface area contributed by atoms with E-state index >= 15 is 0 Å². The molecule has 1 heterocycles. The number of nitrogens with zero attached hydrogens (tertiary/aromatic N) is 2. The molecule has 2 aliphatic carbocycles. The van der Waals surface area contributed by atoms with Gasteiger partial charge in [0.15, 0.2) is 0 Å². The second kappa shape index (κ2) is 5.42. The van der Waals surface area contributed by atoms with Gasteiger partial charge in [-0.15, -0.1) is 0 Å². The molecule has 2 atom stereocenters. The molecule has 0 amide bonds. The molecule has 0 spiro atoms. The van der Waals surface area contributed by atoms with Crippen molar-refractivity contribution in [1.29, 1.82) is 5.26 Å². The molecule has 1 saturated carbocycles. The van der Waals surface area contributed by atoms with E-state index in [0.29, 0.717) is 11.6 Å². The van der Waals surface area contributed by atoms with E-state index in [1.54, 1.807) is 0 Å². The van der Waals surface area contributed by atoms with Gasteiger partial charge < -0.3 is 5.32 Å². The predicted molar refractivity (Wildman–Crippen MR) is 79.5 cm³/mol. The summed E-state index contributed by atoms with van der Waals surface area (Å²) in [5, 5.41) is 13.6. The third kappa shape index (κ3) is 2.57. The number of rotatable bonds is 3. The first kappa shape index (κ1) is 12.8. The van der Waals surface area contributed by atoms with E-state index in [9.17, 15) is 5.26 Å². The van der Waals surface area contributed by atoms with Crippen LogP contribution in [0.15, 0.2) is 6.07 Å². The van der Waals surface area contributed by atoms with Crippen LogP contribution < -0.4 is 5.32 Å². The summed E-state index contributed by atoms with van der Waals surface area (Å²) in [6, 6.07) is 4.82. The molecule has 1 aromatic rings.